The molecule has 0 bridgehead atoms. The number of rotatable bonds is 7. The molecular weight excluding hydrogens is 514 g/mol. The summed E-state index contributed by atoms with van der Waals surface area (Å²) in [6, 6.07) is 26.6. The molecule has 0 radical (unpaired) electrons. The van der Waals surface area contributed by atoms with Crippen molar-refractivity contribution < 1.29 is 14.3 Å². The third-order valence-electron chi connectivity index (χ3n) is 7.79. The van der Waals surface area contributed by atoms with E-state index in [9.17, 15) is 9.59 Å². The predicted molar refractivity (Wildman–Crippen MR) is 163 cm³/mol. The van der Waals surface area contributed by atoms with Crippen LogP contribution in [0, 0.1) is 0 Å². The summed E-state index contributed by atoms with van der Waals surface area (Å²) in [5, 5.41) is 3.88. The third kappa shape index (κ3) is 6.24. The Bertz CT molecular complexity index is 1520. The Kier molecular flexibility index (Phi) is 8.21. The minimum absolute atomic E-state index is 0.0401. The number of nitrogens with one attached hydrogen (secondary N) is 1. The molecule has 6 rings (SSSR count). The van der Waals surface area contributed by atoms with Crippen molar-refractivity contribution in [1.82, 2.24) is 9.88 Å². The fourth-order valence-corrected chi connectivity index (χ4v) is 5.61. The van der Waals surface area contributed by atoms with Crippen LogP contribution < -0.4 is 15.1 Å². The maximum Gasteiger partial charge on any atom is 0.274 e. The lowest BCUT2D eigenvalue weighted by atomic mass is 10.1. The molecule has 1 saturated heterocycles. The Labute approximate surface area is 240 Å². The summed E-state index contributed by atoms with van der Waals surface area (Å²) in [5.74, 6) is -0.327. The van der Waals surface area contributed by atoms with Crippen LogP contribution in [-0.2, 0) is 4.74 Å². The minimum atomic E-state index is -0.287. The first-order chi connectivity index (χ1) is 20.2. The number of amides is 2. The molecule has 3 heterocycles. The number of benzene rings is 3. The summed E-state index contributed by atoms with van der Waals surface area (Å²) >= 11 is 0. The molecule has 0 aliphatic carbocycles. The lowest BCUT2D eigenvalue weighted by Gasteiger charge is -2.29. The maximum atomic E-state index is 13.7. The highest BCUT2D eigenvalue weighted by atomic mass is 16.5. The average Bonchev–Trinajstić information content (AvgIpc) is 3.21. The van der Waals surface area contributed by atoms with E-state index in [0.29, 0.717) is 23.5 Å². The zero-order chi connectivity index (χ0) is 28.0. The molecule has 0 saturated carbocycles. The molecule has 3 aromatic carbocycles. The van der Waals surface area contributed by atoms with E-state index in [1.165, 1.54) is 0 Å². The highest BCUT2D eigenvalue weighted by molar-refractivity contribution is 6.09. The standard InChI is InChI=1S/C33H35N5O3/c39-32(29-16-13-25-7-1-2-8-28(25)35-29)34-27-14-11-26(12-15-27)33(40)38-20-6-19-37(30-9-3-4-10-31(30)38)18-5-17-36-21-23-41-24-22-36/h1-4,7-16H,5-6,17-24H2,(H,34,39). The van der Waals surface area contributed by atoms with Gasteiger partial charge in [0.05, 0.1) is 30.1 Å². The SMILES string of the molecule is O=C(Nc1ccc(C(=O)N2CCCN(CCCN3CCOCC3)c3ccccc32)cc1)c1ccc2ccccc2n1. The Balaban J connectivity index is 1.12. The van der Waals surface area contributed by atoms with E-state index in [4.69, 9.17) is 4.74 Å². The average molecular weight is 550 g/mol. The number of ether oxygens (including phenoxy) is 1. The Hall–Kier alpha value is -4.27. The van der Waals surface area contributed by atoms with Crippen LogP contribution in [0.4, 0.5) is 17.1 Å². The number of fused-ring (bicyclic) bond motifs is 2. The van der Waals surface area contributed by atoms with E-state index in [2.05, 4.69) is 26.2 Å². The highest BCUT2D eigenvalue weighted by Crippen LogP contribution is 2.33. The molecule has 210 valence electrons. The largest absolute Gasteiger partial charge is 0.379 e. The van der Waals surface area contributed by atoms with Gasteiger partial charge in [-0.2, -0.15) is 0 Å². The number of anilines is 3. The van der Waals surface area contributed by atoms with Crippen LogP contribution >= 0.6 is 0 Å². The number of nitrogens with zero attached hydrogens (tertiary/aromatic N) is 4. The first-order valence-electron chi connectivity index (χ1n) is 14.4. The number of para-hydroxylation sites is 3. The Morgan fingerprint density at radius 2 is 1.54 bits per heavy atom. The fourth-order valence-electron chi connectivity index (χ4n) is 5.61. The molecule has 1 fully saturated rings. The van der Waals surface area contributed by atoms with Gasteiger partial charge in [0.15, 0.2) is 0 Å². The van der Waals surface area contributed by atoms with Gasteiger partial charge in [-0.25, -0.2) is 4.98 Å². The first-order valence-corrected chi connectivity index (χ1v) is 14.4. The van der Waals surface area contributed by atoms with Crippen molar-refractivity contribution in [1.29, 1.82) is 0 Å². The molecule has 0 spiro atoms. The second-order valence-electron chi connectivity index (χ2n) is 10.5. The van der Waals surface area contributed by atoms with Crippen LogP contribution in [0.5, 0.6) is 0 Å². The van der Waals surface area contributed by atoms with Gasteiger partial charge in [0.2, 0.25) is 0 Å². The van der Waals surface area contributed by atoms with Gasteiger partial charge in [-0.05, 0) is 61.4 Å². The first kappa shape index (κ1) is 26.9. The molecule has 0 atom stereocenters. The number of hydrogen-bond donors (Lipinski definition) is 1. The minimum Gasteiger partial charge on any atom is -0.379 e. The van der Waals surface area contributed by atoms with Crippen LogP contribution in [-0.4, -0.2) is 74.2 Å². The van der Waals surface area contributed by atoms with Gasteiger partial charge in [0.25, 0.3) is 11.8 Å². The summed E-state index contributed by atoms with van der Waals surface area (Å²) in [7, 11) is 0. The van der Waals surface area contributed by atoms with E-state index in [1.54, 1.807) is 30.3 Å². The van der Waals surface area contributed by atoms with E-state index >= 15 is 0 Å². The fraction of sp³-hybridized carbons (Fsp3) is 0.303. The maximum absolute atomic E-state index is 13.7. The molecule has 41 heavy (non-hydrogen) atoms. The van der Waals surface area contributed by atoms with Gasteiger partial charge in [-0.1, -0.05) is 36.4 Å². The number of carbonyl (C=O) groups is 2. The molecule has 0 unspecified atom stereocenters. The monoisotopic (exact) mass is 549 g/mol. The van der Waals surface area contributed by atoms with Crippen molar-refractivity contribution in [2.75, 3.05) is 67.6 Å². The molecule has 1 N–H and O–H groups in total. The number of hydrogen-bond acceptors (Lipinski definition) is 6. The summed E-state index contributed by atoms with van der Waals surface area (Å²) in [5.41, 5.74) is 4.37. The van der Waals surface area contributed by atoms with Gasteiger partial charge in [0.1, 0.15) is 5.69 Å². The van der Waals surface area contributed by atoms with Crippen molar-refractivity contribution in [2.45, 2.75) is 12.8 Å². The van der Waals surface area contributed by atoms with E-state index in [-0.39, 0.29) is 11.8 Å². The zero-order valence-corrected chi connectivity index (χ0v) is 23.2. The lowest BCUT2D eigenvalue weighted by Crippen LogP contribution is -2.38. The molecule has 1 aromatic heterocycles. The zero-order valence-electron chi connectivity index (χ0n) is 23.2. The second-order valence-corrected chi connectivity index (χ2v) is 10.5. The van der Waals surface area contributed by atoms with Crippen molar-refractivity contribution in [2.24, 2.45) is 0 Å². The number of morpholine rings is 1. The van der Waals surface area contributed by atoms with Gasteiger partial charge >= 0.3 is 0 Å². The van der Waals surface area contributed by atoms with Crippen molar-refractivity contribution in [3.8, 4) is 0 Å². The van der Waals surface area contributed by atoms with Crippen LogP contribution in [0.25, 0.3) is 10.9 Å². The normalized spacial score (nSPS) is 15.8. The number of carbonyl (C=O) groups excluding carboxylic acids is 2. The lowest BCUT2D eigenvalue weighted by molar-refractivity contribution is 0.0376. The van der Waals surface area contributed by atoms with Crippen LogP contribution in [0.15, 0.2) is 84.9 Å². The van der Waals surface area contributed by atoms with Gasteiger partial charge < -0.3 is 19.9 Å². The van der Waals surface area contributed by atoms with Crippen molar-refractivity contribution in [3.63, 3.8) is 0 Å². The summed E-state index contributed by atoms with van der Waals surface area (Å²) in [4.78, 5) is 37.8. The predicted octanol–water partition coefficient (Wildman–Crippen LogP) is 5.07. The van der Waals surface area contributed by atoms with Crippen molar-refractivity contribution in [3.05, 3.63) is 96.2 Å². The molecule has 2 amide bonds. The third-order valence-corrected chi connectivity index (χ3v) is 7.79. The van der Waals surface area contributed by atoms with Gasteiger partial charge in [-0.3, -0.25) is 14.5 Å². The molecular formula is C33H35N5O3. The van der Waals surface area contributed by atoms with Crippen LogP contribution in [0.2, 0.25) is 0 Å². The molecule has 2 aliphatic heterocycles. The molecule has 8 heteroatoms. The summed E-state index contributed by atoms with van der Waals surface area (Å²) < 4.78 is 5.47. The highest BCUT2D eigenvalue weighted by Gasteiger charge is 2.25. The van der Waals surface area contributed by atoms with Crippen LogP contribution in [0.1, 0.15) is 33.7 Å². The van der Waals surface area contributed by atoms with Crippen molar-refractivity contribution >= 4 is 39.8 Å². The second kappa shape index (κ2) is 12.5. The molecule has 8 nitrogen and oxygen atoms in total. The topological polar surface area (TPSA) is 78.0 Å². The van der Waals surface area contributed by atoms with Gasteiger partial charge in [-0.15, -0.1) is 0 Å². The Morgan fingerprint density at radius 1 is 0.780 bits per heavy atom. The molecule has 2 aliphatic rings. The summed E-state index contributed by atoms with van der Waals surface area (Å²) in [6.07, 6.45) is 1.97. The molecule has 4 aromatic rings. The quantitative estimate of drug-likeness (QED) is 0.347. The van der Waals surface area contributed by atoms with E-state index < -0.39 is 0 Å². The number of aromatic nitrogens is 1. The Morgan fingerprint density at radius 3 is 2.37 bits per heavy atom. The number of pyridine rings is 1. The van der Waals surface area contributed by atoms with E-state index in [1.807, 2.05) is 53.4 Å². The smallest absolute Gasteiger partial charge is 0.274 e. The summed E-state index contributed by atoms with van der Waals surface area (Å²) in [6.45, 7) is 7.22. The van der Waals surface area contributed by atoms with Gasteiger partial charge in [0, 0.05) is 55.9 Å². The van der Waals surface area contributed by atoms with E-state index in [0.717, 1.165) is 81.1 Å². The van der Waals surface area contributed by atoms with Crippen LogP contribution in [0.3, 0.4) is 0 Å².